The number of carbonyl (C=O) groups excluding carboxylic acids is 1. The van der Waals surface area contributed by atoms with E-state index in [0.29, 0.717) is 11.5 Å². The molecule has 0 saturated carbocycles. The van der Waals surface area contributed by atoms with E-state index in [-0.39, 0.29) is 24.7 Å². The second-order valence-corrected chi connectivity index (χ2v) is 7.15. The zero-order chi connectivity index (χ0) is 21.6. The minimum absolute atomic E-state index is 0.119. The molecule has 7 nitrogen and oxygen atoms in total. The van der Waals surface area contributed by atoms with Gasteiger partial charge in [-0.25, -0.2) is 9.48 Å². The van der Waals surface area contributed by atoms with Gasteiger partial charge in [-0.2, -0.15) is 0 Å². The van der Waals surface area contributed by atoms with Crippen molar-refractivity contribution in [1.82, 2.24) is 24.6 Å². The summed E-state index contributed by atoms with van der Waals surface area (Å²) in [5.74, 6) is -0.0540. The fourth-order valence-corrected chi connectivity index (χ4v) is 3.52. The first kappa shape index (κ1) is 20.3. The number of hydrogen-bond donors (Lipinski definition) is 1. The molecule has 1 N–H and O–H groups in total. The van der Waals surface area contributed by atoms with Gasteiger partial charge in [0.2, 0.25) is 5.91 Å². The van der Waals surface area contributed by atoms with Crippen LogP contribution in [0.4, 0.5) is 0 Å². The highest BCUT2D eigenvalue weighted by Crippen LogP contribution is 2.24. The zero-order valence-electron chi connectivity index (χ0n) is 17.2. The fraction of sp³-hybridized carbons (Fsp3) is 0.167. The van der Waals surface area contributed by atoms with Gasteiger partial charge in [0.15, 0.2) is 5.82 Å². The van der Waals surface area contributed by atoms with Crippen LogP contribution in [0.5, 0.6) is 0 Å². The monoisotopic (exact) mass is 413 g/mol. The topological polar surface area (TPSA) is 81.8 Å². The maximum atomic E-state index is 13.1. The van der Waals surface area contributed by atoms with Gasteiger partial charge in [-0.1, -0.05) is 66.7 Å². The molecule has 0 aliphatic heterocycles. The number of pyridine rings is 1. The van der Waals surface area contributed by atoms with Gasteiger partial charge in [-0.3, -0.25) is 14.3 Å². The Morgan fingerprint density at radius 3 is 2.13 bits per heavy atom. The molecule has 0 aliphatic carbocycles. The van der Waals surface area contributed by atoms with Gasteiger partial charge < -0.3 is 5.32 Å². The number of amides is 1. The average molecular weight is 413 g/mol. The van der Waals surface area contributed by atoms with Gasteiger partial charge in [0, 0.05) is 19.8 Å². The average Bonchev–Trinajstić information content (AvgIpc) is 3.10. The second kappa shape index (κ2) is 9.21. The maximum absolute atomic E-state index is 13.1. The molecule has 0 bridgehead atoms. The first-order chi connectivity index (χ1) is 15.1. The third-order valence-electron chi connectivity index (χ3n) is 5.09. The summed E-state index contributed by atoms with van der Waals surface area (Å²) >= 11 is 0. The molecule has 0 unspecified atom stereocenters. The Balaban J connectivity index is 1.49. The molecule has 4 aromatic rings. The third-order valence-corrected chi connectivity index (χ3v) is 5.09. The first-order valence-electron chi connectivity index (χ1n) is 10.1. The molecule has 0 fully saturated rings. The highest BCUT2D eigenvalue weighted by molar-refractivity contribution is 5.87. The van der Waals surface area contributed by atoms with E-state index in [1.54, 1.807) is 19.3 Å². The highest BCUT2D eigenvalue weighted by atomic mass is 16.2. The summed E-state index contributed by atoms with van der Waals surface area (Å²) in [5, 5.41) is 7.35. The lowest BCUT2D eigenvalue weighted by Gasteiger charge is -2.17. The molecule has 7 heteroatoms. The Morgan fingerprint density at radius 2 is 1.55 bits per heavy atom. The van der Waals surface area contributed by atoms with Gasteiger partial charge >= 0.3 is 5.69 Å². The molecule has 156 valence electrons. The summed E-state index contributed by atoms with van der Waals surface area (Å²) in [5.41, 5.74) is 2.20. The smallest absolute Gasteiger partial charge is 0.346 e. The third kappa shape index (κ3) is 4.45. The van der Waals surface area contributed by atoms with Crippen LogP contribution in [0.3, 0.4) is 0 Å². The van der Waals surface area contributed by atoms with E-state index in [1.165, 1.54) is 9.25 Å². The standard InChI is InChI=1S/C24H23N5O2/c1-28-22(20-14-8-9-15-25-20)27-29(24(28)31)17-16-26-23(30)21(18-10-4-2-5-11-18)19-12-6-3-7-13-19/h2-15,21H,16-17H2,1H3,(H,26,30). The molecular weight excluding hydrogens is 390 g/mol. The number of aromatic nitrogens is 4. The largest absolute Gasteiger partial charge is 0.353 e. The van der Waals surface area contributed by atoms with Crippen molar-refractivity contribution < 1.29 is 4.79 Å². The van der Waals surface area contributed by atoms with Gasteiger partial charge in [0.25, 0.3) is 0 Å². The molecule has 4 rings (SSSR count). The van der Waals surface area contributed by atoms with Crippen LogP contribution in [0.25, 0.3) is 11.5 Å². The molecular formula is C24H23N5O2. The Bertz CT molecular complexity index is 1160. The minimum atomic E-state index is -0.424. The Morgan fingerprint density at radius 1 is 0.935 bits per heavy atom. The quantitative estimate of drug-likeness (QED) is 0.505. The van der Waals surface area contributed by atoms with E-state index in [4.69, 9.17) is 0 Å². The molecule has 0 aliphatic rings. The van der Waals surface area contributed by atoms with Gasteiger partial charge in [0.1, 0.15) is 5.69 Å². The number of nitrogens with one attached hydrogen (secondary N) is 1. The lowest BCUT2D eigenvalue weighted by molar-refractivity contribution is -0.121. The first-order valence-corrected chi connectivity index (χ1v) is 10.1. The number of nitrogens with zero attached hydrogens (tertiary/aromatic N) is 4. The zero-order valence-corrected chi connectivity index (χ0v) is 17.2. The van der Waals surface area contributed by atoms with E-state index in [9.17, 15) is 9.59 Å². The van der Waals surface area contributed by atoms with Gasteiger partial charge in [0.05, 0.1) is 12.5 Å². The van der Waals surface area contributed by atoms with E-state index in [2.05, 4.69) is 15.4 Å². The lowest BCUT2D eigenvalue weighted by Crippen LogP contribution is -2.35. The van der Waals surface area contributed by atoms with Crippen molar-refractivity contribution in [3.8, 4) is 11.5 Å². The van der Waals surface area contributed by atoms with Crippen molar-refractivity contribution in [2.45, 2.75) is 12.5 Å². The van der Waals surface area contributed by atoms with E-state index in [0.717, 1.165) is 11.1 Å². The van der Waals surface area contributed by atoms with Crippen molar-refractivity contribution in [2.24, 2.45) is 7.05 Å². The van der Waals surface area contributed by atoms with Gasteiger partial charge in [-0.05, 0) is 23.3 Å². The molecule has 31 heavy (non-hydrogen) atoms. The van der Waals surface area contributed by atoms with Crippen molar-refractivity contribution in [3.63, 3.8) is 0 Å². The second-order valence-electron chi connectivity index (χ2n) is 7.15. The minimum Gasteiger partial charge on any atom is -0.353 e. The summed E-state index contributed by atoms with van der Waals surface area (Å²) in [4.78, 5) is 29.9. The van der Waals surface area contributed by atoms with Crippen LogP contribution in [0.1, 0.15) is 17.0 Å². The van der Waals surface area contributed by atoms with Crippen molar-refractivity contribution in [1.29, 1.82) is 0 Å². The maximum Gasteiger partial charge on any atom is 0.346 e. The van der Waals surface area contributed by atoms with Crippen LogP contribution in [0.2, 0.25) is 0 Å². The van der Waals surface area contributed by atoms with Crippen molar-refractivity contribution >= 4 is 5.91 Å². The van der Waals surface area contributed by atoms with Crippen LogP contribution >= 0.6 is 0 Å². The Labute approximate surface area is 180 Å². The molecule has 0 saturated heterocycles. The molecule has 0 atom stereocenters. The molecule has 0 radical (unpaired) electrons. The predicted molar refractivity (Wildman–Crippen MR) is 118 cm³/mol. The Hall–Kier alpha value is -4.00. The highest BCUT2D eigenvalue weighted by Gasteiger charge is 2.22. The molecule has 1 amide bonds. The van der Waals surface area contributed by atoms with Crippen molar-refractivity contribution in [3.05, 3.63) is 107 Å². The molecule has 0 spiro atoms. The van der Waals surface area contributed by atoms with Crippen LogP contribution in [0.15, 0.2) is 89.9 Å². The normalized spacial score (nSPS) is 10.9. The number of carbonyl (C=O) groups is 1. The van der Waals surface area contributed by atoms with Crippen LogP contribution < -0.4 is 11.0 Å². The number of rotatable bonds is 7. The summed E-state index contributed by atoms with van der Waals surface area (Å²) in [6, 6.07) is 24.8. The van der Waals surface area contributed by atoms with Crippen LogP contribution in [-0.4, -0.2) is 31.8 Å². The van der Waals surface area contributed by atoms with Crippen LogP contribution in [-0.2, 0) is 18.4 Å². The summed E-state index contributed by atoms with van der Waals surface area (Å²) in [6.07, 6.45) is 1.66. The van der Waals surface area contributed by atoms with E-state index < -0.39 is 5.92 Å². The molecule has 2 heterocycles. The molecule has 2 aromatic carbocycles. The summed E-state index contributed by atoms with van der Waals surface area (Å²) in [6.45, 7) is 0.551. The van der Waals surface area contributed by atoms with Crippen molar-refractivity contribution in [2.75, 3.05) is 6.54 Å². The Kier molecular flexibility index (Phi) is 6.03. The SMILES string of the molecule is Cn1c(-c2ccccn2)nn(CCNC(=O)C(c2ccccc2)c2ccccc2)c1=O. The summed E-state index contributed by atoms with van der Waals surface area (Å²) in [7, 11) is 1.66. The van der Waals surface area contributed by atoms with Crippen LogP contribution in [0, 0.1) is 0 Å². The number of hydrogen-bond acceptors (Lipinski definition) is 4. The van der Waals surface area contributed by atoms with E-state index in [1.807, 2.05) is 72.8 Å². The molecule has 2 aromatic heterocycles. The predicted octanol–water partition coefficient (Wildman–Crippen LogP) is 2.59. The van der Waals surface area contributed by atoms with E-state index >= 15 is 0 Å². The lowest BCUT2D eigenvalue weighted by atomic mass is 9.90. The number of benzene rings is 2. The van der Waals surface area contributed by atoms with Gasteiger partial charge in [-0.15, -0.1) is 5.10 Å². The fourth-order valence-electron chi connectivity index (χ4n) is 3.52. The summed E-state index contributed by atoms with van der Waals surface area (Å²) < 4.78 is 2.81.